The Bertz CT molecular complexity index is 183. The van der Waals surface area contributed by atoms with Crippen LogP contribution in [0, 0.1) is 0 Å². The molecule has 0 radical (unpaired) electrons. The number of carbonyl (C=O) groups is 1. The van der Waals surface area contributed by atoms with Crippen LogP contribution in [0.25, 0.3) is 0 Å². The molecule has 0 spiro atoms. The van der Waals surface area contributed by atoms with Crippen LogP contribution in [0.5, 0.6) is 0 Å². The van der Waals surface area contributed by atoms with Gasteiger partial charge in [-0.25, -0.2) is 0 Å². The minimum atomic E-state index is -2.66. The standard InChI is InChI=1S/3C4H9.C2H3O2.Sn/c3*1-3-4-2;1-4-2-3;/h3*1,3-4H2,2H3;1H3;. The van der Waals surface area contributed by atoms with Crippen LogP contribution in [-0.4, -0.2) is 29.5 Å². The molecule has 0 aliphatic heterocycles. The molecule has 0 aromatic heterocycles. The summed E-state index contributed by atoms with van der Waals surface area (Å²) in [5.74, 6) is 0. The minimum absolute atomic E-state index is 0.231. The average molecular weight is 349 g/mol. The molecule has 0 amide bonds. The van der Waals surface area contributed by atoms with Crippen LogP contribution in [0.3, 0.4) is 0 Å². The van der Waals surface area contributed by atoms with Crippen molar-refractivity contribution in [3.63, 3.8) is 0 Å². The summed E-state index contributed by atoms with van der Waals surface area (Å²) in [5.41, 5.74) is 0. The molecule has 0 unspecified atom stereocenters. The number of hydrogen-bond donors (Lipinski definition) is 0. The topological polar surface area (TPSA) is 26.3 Å². The van der Waals surface area contributed by atoms with Crippen LogP contribution in [-0.2, 0) is 4.74 Å². The Morgan fingerprint density at radius 1 is 0.882 bits per heavy atom. The van der Waals surface area contributed by atoms with Gasteiger partial charge in [-0.15, -0.1) is 0 Å². The van der Waals surface area contributed by atoms with Gasteiger partial charge in [0.25, 0.3) is 0 Å². The van der Waals surface area contributed by atoms with E-state index in [0.29, 0.717) is 0 Å². The van der Waals surface area contributed by atoms with E-state index >= 15 is 0 Å². The molecule has 0 rings (SSSR count). The van der Waals surface area contributed by atoms with Crippen molar-refractivity contribution < 1.29 is 9.53 Å². The Labute approximate surface area is 111 Å². The molecule has 0 aromatic rings. The van der Waals surface area contributed by atoms with Crippen molar-refractivity contribution >= 4 is 22.4 Å². The summed E-state index contributed by atoms with van der Waals surface area (Å²) >= 11 is -2.66. The fourth-order valence-electron chi connectivity index (χ4n) is 2.44. The SMILES string of the molecule is CCC[CH2][Sn]([CH2]CCC)([CH2]CCC)[C](=O)OC. The van der Waals surface area contributed by atoms with Crippen LogP contribution in [0.2, 0.25) is 13.3 Å². The van der Waals surface area contributed by atoms with Crippen molar-refractivity contribution in [2.75, 3.05) is 7.11 Å². The van der Waals surface area contributed by atoms with E-state index in [2.05, 4.69) is 20.8 Å². The Balaban J connectivity index is 4.70. The third kappa shape index (κ3) is 6.12. The van der Waals surface area contributed by atoms with Crippen LogP contribution in [0.15, 0.2) is 0 Å². The normalized spacial score (nSPS) is 11.5. The Morgan fingerprint density at radius 3 is 1.47 bits per heavy atom. The molecule has 0 saturated heterocycles. The van der Waals surface area contributed by atoms with Gasteiger partial charge >= 0.3 is 112 Å². The molecule has 0 heterocycles. The molecule has 3 heteroatoms. The van der Waals surface area contributed by atoms with E-state index in [4.69, 9.17) is 4.74 Å². The predicted octanol–water partition coefficient (Wildman–Crippen LogP) is 5.18. The quantitative estimate of drug-likeness (QED) is 0.508. The average Bonchev–Trinajstić information content (AvgIpc) is 2.37. The maximum atomic E-state index is 12.2. The van der Waals surface area contributed by atoms with Gasteiger partial charge < -0.3 is 0 Å². The van der Waals surface area contributed by atoms with E-state index in [1.165, 1.54) is 51.8 Å². The summed E-state index contributed by atoms with van der Waals surface area (Å²) < 4.78 is 9.01. The van der Waals surface area contributed by atoms with E-state index in [9.17, 15) is 4.79 Å². The van der Waals surface area contributed by atoms with E-state index < -0.39 is 18.4 Å². The molecule has 0 atom stereocenters. The number of rotatable bonds is 10. The van der Waals surface area contributed by atoms with Gasteiger partial charge in [0.05, 0.1) is 0 Å². The molecular formula is C14H30O2Sn. The first-order valence-electron chi connectivity index (χ1n) is 7.25. The van der Waals surface area contributed by atoms with Crippen LogP contribution < -0.4 is 0 Å². The summed E-state index contributed by atoms with van der Waals surface area (Å²) in [6, 6.07) is 0. The number of carbonyl (C=O) groups excluding carboxylic acids is 1. The first-order chi connectivity index (χ1) is 8.16. The molecule has 2 nitrogen and oxygen atoms in total. The third-order valence-electron chi connectivity index (χ3n) is 3.65. The van der Waals surface area contributed by atoms with Gasteiger partial charge in [-0.3, -0.25) is 0 Å². The second-order valence-corrected chi connectivity index (χ2v) is 17.8. The van der Waals surface area contributed by atoms with E-state index in [0.717, 1.165) is 0 Å². The maximum absolute atomic E-state index is 12.2. The zero-order valence-electron chi connectivity index (χ0n) is 12.2. The molecular weight excluding hydrogens is 319 g/mol. The summed E-state index contributed by atoms with van der Waals surface area (Å²) in [4.78, 5) is 12.2. The summed E-state index contributed by atoms with van der Waals surface area (Å²) in [6.07, 6.45) is 7.27. The van der Waals surface area contributed by atoms with Crippen molar-refractivity contribution in [3.05, 3.63) is 0 Å². The zero-order chi connectivity index (χ0) is 13.1. The molecule has 0 fully saturated rings. The summed E-state index contributed by atoms with van der Waals surface area (Å²) in [5, 5.41) is 0. The van der Waals surface area contributed by atoms with Gasteiger partial charge in [0.2, 0.25) is 0 Å². The molecule has 0 aliphatic rings. The molecule has 0 bridgehead atoms. The van der Waals surface area contributed by atoms with E-state index in [1.54, 1.807) is 7.11 Å². The fourth-order valence-corrected chi connectivity index (χ4v) is 16.4. The van der Waals surface area contributed by atoms with Gasteiger partial charge in [-0.05, 0) is 0 Å². The monoisotopic (exact) mass is 350 g/mol. The number of hydrogen-bond acceptors (Lipinski definition) is 2. The second-order valence-electron chi connectivity index (χ2n) is 5.08. The first-order valence-corrected chi connectivity index (χ1v) is 14.7. The Kier molecular flexibility index (Phi) is 10.4. The van der Waals surface area contributed by atoms with Crippen LogP contribution in [0.1, 0.15) is 59.3 Å². The first kappa shape index (κ1) is 17.3. The van der Waals surface area contributed by atoms with Crippen molar-refractivity contribution in [2.24, 2.45) is 0 Å². The molecule has 17 heavy (non-hydrogen) atoms. The van der Waals surface area contributed by atoms with Gasteiger partial charge in [0.15, 0.2) is 0 Å². The fraction of sp³-hybridized carbons (Fsp3) is 0.929. The van der Waals surface area contributed by atoms with Crippen molar-refractivity contribution in [3.8, 4) is 0 Å². The van der Waals surface area contributed by atoms with Crippen LogP contribution >= 0.6 is 0 Å². The predicted molar refractivity (Wildman–Crippen MR) is 77.3 cm³/mol. The number of ether oxygens (including phenoxy) is 1. The molecule has 102 valence electrons. The van der Waals surface area contributed by atoms with Crippen molar-refractivity contribution in [1.82, 2.24) is 0 Å². The summed E-state index contributed by atoms with van der Waals surface area (Å²) in [6.45, 7) is 6.65. The van der Waals surface area contributed by atoms with Crippen molar-refractivity contribution in [2.45, 2.75) is 72.6 Å². The van der Waals surface area contributed by atoms with Crippen LogP contribution in [0.4, 0.5) is 4.79 Å². The summed E-state index contributed by atoms with van der Waals surface area (Å²) in [7, 11) is 1.58. The Hall–Kier alpha value is 0.269. The molecule has 0 aliphatic carbocycles. The van der Waals surface area contributed by atoms with Gasteiger partial charge in [0.1, 0.15) is 0 Å². The number of unbranched alkanes of at least 4 members (excludes halogenated alkanes) is 3. The van der Waals surface area contributed by atoms with Gasteiger partial charge in [0, 0.05) is 0 Å². The van der Waals surface area contributed by atoms with Crippen molar-refractivity contribution in [1.29, 1.82) is 0 Å². The van der Waals surface area contributed by atoms with E-state index in [-0.39, 0.29) is 3.99 Å². The van der Waals surface area contributed by atoms with E-state index in [1.807, 2.05) is 0 Å². The zero-order valence-corrected chi connectivity index (χ0v) is 15.0. The molecule has 0 saturated carbocycles. The third-order valence-corrected chi connectivity index (χ3v) is 17.9. The number of methoxy groups -OCH3 is 1. The molecule has 0 aromatic carbocycles. The second kappa shape index (κ2) is 10.2. The van der Waals surface area contributed by atoms with Gasteiger partial charge in [-0.2, -0.15) is 0 Å². The molecule has 0 N–H and O–H groups in total. The Morgan fingerprint density at radius 2 is 1.24 bits per heavy atom. The van der Waals surface area contributed by atoms with Gasteiger partial charge in [-0.1, -0.05) is 0 Å².